The van der Waals surface area contributed by atoms with Crippen molar-refractivity contribution in [1.82, 2.24) is 15.1 Å². The summed E-state index contributed by atoms with van der Waals surface area (Å²) in [6.07, 6.45) is -0.522. The fourth-order valence-corrected chi connectivity index (χ4v) is 7.97. The van der Waals surface area contributed by atoms with Crippen molar-refractivity contribution in [2.75, 3.05) is 13.1 Å². The van der Waals surface area contributed by atoms with Crippen LogP contribution in [0.25, 0.3) is 11.1 Å². The van der Waals surface area contributed by atoms with Gasteiger partial charge in [0.15, 0.2) is 6.29 Å². The van der Waals surface area contributed by atoms with Crippen LogP contribution in [0.1, 0.15) is 87.2 Å². The van der Waals surface area contributed by atoms with E-state index in [0.717, 1.165) is 58.3 Å². The number of carbonyl (C=O) groups is 4. The molecule has 0 saturated carbocycles. The first-order valence-corrected chi connectivity index (χ1v) is 20.3. The zero-order chi connectivity index (χ0) is 41.7. The normalized spacial score (nSPS) is 23.6. The smallest absolute Gasteiger partial charge is 0.408 e. The van der Waals surface area contributed by atoms with E-state index < -0.39 is 29.9 Å². The maximum absolute atomic E-state index is 13.2. The summed E-state index contributed by atoms with van der Waals surface area (Å²) in [5, 5.41) is 12.2. The lowest BCUT2D eigenvalue weighted by Gasteiger charge is -2.43. The molecule has 0 radical (unpaired) electrons. The molecule has 0 aliphatic carbocycles. The molecule has 0 bridgehead atoms. The Morgan fingerprint density at radius 1 is 0.847 bits per heavy atom. The van der Waals surface area contributed by atoms with Gasteiger partial charge in [0, 0.05) is 18.0 Å². The minimum absolute atomic E-state index is 0.0493. The molecule has 3 aliphatic heterocycles. The molecule has 2 N–H and O–H groups in total. The Bertz CT molecular complexity index is 2100. The summed E-state index contributed by atoms with van der Waals surface area (Å²) >= 11 is 0. The van der Waals surface area contributed by atoms with Gasteiger partial charge < -0.3 is 29.4 Å². The van der Waals surface area contributed by atoms with Gasteiger partial charge in [0.2, 0.25) is 5.91 Å². The fraction of sp³-hybridized carbons (Fsp3) is 0.404. The number of nitrogens with one attached hydrogen (secondary N) is 1. The second-order valence-corrected chi connectivity index (χ2v) is 16.6. The minimum atomic E-state index is -0.991. The average Bonchev–Trinajstić information content (AvgIpc) is 3.80. The summed E-state index contributed by atoms with van der Waals surface area (Å²) in [5.41, 5.74) is 5.44. The molecule has 3 fully saturated rings. The number of hydrogen-bond acceptors (Lipinski definition) is 10. The number of aliphatic hydroxyl groups excluding tert-OH is 1. The topological polar surface area (TPSA) is 144 Å². The number of rotatable bonds is 12. The minimum Gasteiger partial charge on any atom is -0.459 e. The summed E-state index contributed by atoms with van der Waals surface area (Å²) in [6, 6.07) is 31.3. The van der Waals surface area contributed by atoms with Crippen LogP contribution >= 0.6 is 0 Å². The zero-order valence-corrected chi connectivity index (χ0v) is 34.0. The number of hydrogen-bond donors (Lipinski definition) is 2. The van der Waals surface area contributed by atoms with Crippen molar-refractivity contribution in [3.05, 3.63) is 131 Å². The molecular weight excluding hydrogens is 751 g/mol. The number of amides is 3. The number of imide groups is 1. The van der Waals surface area contributed by atoms with E-state index in [1.807, 2.05) is 124 Å². The Labute approximate surface area is 345 Å². The standard InChI is InChI=1S/C47H53N3O9/c1-30-40(27-49-23-9-14-39(49)44(54)59-47(2,3)4)57-45(58-42(30)35-17-15-31(28-51)16-18-35)36-21-19-34(20-22-36)37-13-8-12-33(24-37)26-50-41(52)25-38(43(50)53)48-46(55)56-29-32-10-6-5-7-11-32/h5-8,10-13,15-22,24,30,38-40,42,45,51H,9,14,23,25-29H2,1-4H3,(H,48,55)/t30-,38?,39-,40+,42+,45+/m0/s1. The third-order valence-electron chi connectivity index (χ3n) is 11.1. The molecule has 0 aromatic heterocycles. The van der Waals surface area contributed by atoms with Crippen LogP contribution in [0.4, 0.5) is 4.79 Å². The predicted octanol–water partition coefficient (Wildman–Crippen LogP) is 7.00. The van der Waals surface area contributed by atoms with Crippen LogP contribution in [-0.4, -0.2) is 75.7 Å². The highest BCUT2D eigenvalue weighted by Crippen LogP contribution is 2.43. The van der Waals surface area contributed by atoms with Gasteiger partial charge >= 0.3 is 12.1 Å². The first-order chi connectivity index (χ1) is 28.3. The molecule has 4 aromatic rings. The van der Waals surface area contributed by atoms with E-state index in [-0.39, 0.29) is 62.2 Å². The van der Waals surface area contributed by atoms with Gasteiger partial charge in [-0.25, -0.2) is 4.79 Å². The fourth-order valence-electron chi connectivity index (χ4n) is 7.97. The van der Waals surface area contributed by atoms with Crippen LogP contribution in [0.5, 0.6) is 0 Å². The van der Waals surface area contributed by atoms with E-state index in [0.29, 0.717) is 6.54 Å². The number of ether oxygens (including phenoxy) is 4. The Morgan fingerprint density at radius 3 is 2.27 bits per heavy atom. The third-order valence-corrected chi connectivity index (χ3v) is 11.1. The number of esters is 1. The number of alkyl carbamates (subject to hydrolysis) is 1. The van der Waals surface area contributed by atoms with Crippen LogP contribution in [-0.2, 0) is 53.1 Å². The lowest BCUT2D eigenvalue weighted by Crippen LogP contribution is -2.48. The zero-order valence-electron chi connectivity index (χ0n) is 34.0. The summed E-state index contributed by atoms with van der Waals surface area (Å²) in [7, 11) is 0. The van der Waals surface area contributed by atoms with E-state index in [1.54, 1.807) is 0 Å². The molecule has 1 unspecified atom stereocenters. The van der Waals surface area contributed by atoms with Gasteiger partial charge in [0.25, 0.3) is 5.91 Å². The van der Waals surface area contributed by atoms with Crippen LogP contribution in [0.2, 0.25) is 0 Å². The Kier molecular flexibility index (Phi) is 12.9. The van der Waals surface area contributed by atoms with Gasteiger partial charge in [-0.2, -0.15) is 0 Å². The summed E-state index contributed by atoms with van der Waals surface area (Å²) < 4.78 is 24.5. The molecule has 3 heterocycles. The summed E-state index contributed by atoms with van der Waals surface area (Å²) in [5.74, 6) is -1.11. The SMILES string of the molecule is C[C@H]1[C@@H](CN2CCC[C@H]2C(=O)OC(C)(C)C)O[C@@H](c2ccc(-c3cccc(CN4C(=O)CC(NC(=O)OCc5ccccc5)C4=O)c3)cc2)O[C@H]1c1ccc(CO)cc1. The van der Waals surface area contributed by atoms with Gasteiger partial charge in [-0.05, 0) is 79.6 Å². The molecule has 0 spiro atoms. The number of aliphatic hydroxyl groups is 1. The van der Waals surface area contributed by atoms with Gasteiger partial charge in [0.1, 0.15) is 24.3 Å². The molecule has 12 nitrogen and oxygen atoms in total. The lowest BCUT2D eigenvalue weighted by atomic mass is 9.89. The van der Waals surface area contributed by atoms with Gasteiger partial charge in [-0.1, -0.05) is 104 Å². The van der Waals surface area contributed by atoms with E-state index >= 15 is 0 Å². The molecule has 310 valence electrons. The number of nitrogens with zero attached hydrogens (tertiary/aromatic N) is 2. The first-order valence-electron chi connectivity index (χ1n) is 20.3. The highest BCUT2D eigenvalue weighted by Gasteiger charge is 2.43. The molecule has 3 amide bonds. The van der Waals surface area contributed by atoms with Crippen molar-refractivity contribution in [3.63, 3.8) is 0 Å². The second-order valence-electron chi connectivity index (χ2n) is 16.6. The maximum Gasteiger partial charge on any atom is 0.408 e. The molecule has 3 saturated heterocycles. The van der Waals surface area contributed by atoms with Crippen LogP contribution in [0.15, 0.2) is 103 Å². The van der Waals surface area contributed by atoms with Crippen LogP contribution in [0.3, 0.4) is 0 Å². The van der Waals surface area contributed by atoms with Crippen molar-refractivity contribution in [3.8, 4) is 11.1 Å². The largest absolute Gasteiger partial charge is 0.459 e. The van der Waals surface area contributed by atoms with Crippen LogP contribution in [0, 0.1) is 5.92 Å². The Balaban J connectivity index is 1.03. The number of likely N-dealkylation sites (tertiary alicyclic amines) is 2. The molecular formula is C47H53N3O9. The van der Waals surface area contributed by atoms with E-state index in [1.165, 1.54) is 4.90 Å². The summed E-state index contributed by atoms with van der Waals surface area (Å²) in [6.45, 7) is 9.15. The molecule has 7 rings (SSSR count). The highest BCUT2D eigenvalue weighted by molar-refractivity contribution is 6.06. The predicted molar refractivity (Wildman–Crippen MR) is 219 cm³/mol. The molecule has 4 aromatic carbocycles. The number of carbonyl (C=O) groups excluding carboxylic acids is 4. The van der Waals surface area contributed by atoms with Crippen molar-refractivity contribution >= 4 is 23.9 Å². The van der Waals surface area contributed by atoms with E-state index in [9.17, 15) is 24.3 Å². The highest BCUT2D eigenvalue weighted by atomic mass is 16.7. The van der Waals surface area contributed by atoms with Crippen molar-refractivity contribution in [2.45, 2.75) is 103 Å². The van der Waals surface area contributed by atoms with E-state index in [2.05, 4.69) is 17.1 Å². The third kappa shape index (κ3) is 10.3. The van der Waals surface area contributed by atoms with Crippen molar-refractivity contribution in [2.24, 2.45) is 5.92 Å². The van der Waals surface area contributed by atoms with Gasteiger partial charge in [-0.3, -0.25) is 24.2 Å². The maximum atomic E-state index is 13.2. The van der Waals surface area contributed by atoms with Gasteiger partial charge in [-0.15, -0.1) is 0 Å². The monoisotopic (exact) mass is 803 g/mol. The van der Waals surface area contributed by atoms with Crippen molar-refractivity contribution in [1.29, 1.82) is 0 Å². The summed E-state index contributed by atoms with van der Waals surface area (Å²) in [4.78, 5) is 55.2. The lowest BCUT2D eigenvalue weighted by molar-refractivity contribution is -0.276. The second kappa shape index (κ2) is 18.3. The molecule has 6 atom stereocenters. The average molecular weight is 804 g/mol. The van der Waals surface area contributed by atoms with Crippen molar-refractivity contribution < 1.29 is 43.2 Å². The Morgan fingerprint density at radius 2 is 1.56 bits per heavy atom. The van der Waals surface area contributed by atoms with E-state index in [4.69, 9.17) is 18.9 Å². The Hall–Kier alpha value is -5.40. The molecule has 12 heteroatoms. The molecule has 59 heavy (non-hydrogen) atoms. The van der Waals surface area contributed by atoms with Crippen LogP contribution < -0.4 is 5.32 Å². The number of benzene rings is 4. The van der Waals surface area contributed by atoms with Gasteiger partial charge in [0.05, 0.1) is 31.8 Å². The quantitative estimate of drug-likeness (QED) is 0.114. The molecule has 3 aliphatic rings. The first kappa shape index (κ1) is 41.7.